The molecule has 0 spiro atoms. The Morgan fingerprint density at radius 1 is 1.29 bits per heavy atom. The van der Waals surface area contributed by atoms with Gasteiger partial charge >= 0.3 is 0 Å². The Kier molecular flexibility index (Phi) is 4.67. The number of aryl methyl sites for hydroxylation is 1. The molecule has 3 heteroatoms. The molecule has 2 aromatic carbocycles. The molecule has 106 valence electrons. The SMILES string of the molecule is C#CC(Nc1cccc(C(C)=O)c1)c1ccc(Cl)c(C)c1. The van der Waals surface area contributed by atoms with Gasteiger partial charge in [0.1, 0.15) is 6.04 Å². The first-order chi connectivity index (χ1) is 10.0. The van der Waals surface area contributed by atoms with E-state index >= 15 is 0 Å². The molecule has 0 saturated carbocycles. The molecule has 0 aliphatic rings. The predicted octanol–water partition coefficient (Wildman–Crippen LogP) is 4.64. The van der Waals surface area contributed by atoms with Gasteiger partial charge in [-0.2, -0.15) is 0 Å². The van der Waals surface area contributed by atoms with Crippen molar-refractivity contribution in [3.63, 3.8) is 0 Å². The number of hydrogen-bond donors (Lipinski definition) is 1. The van der Waals surface area contributed by atoms with Gasteiger partial charge in [0.05, 0.1) is 0 Å². The van der Waals surface area contributed by atoms with E-state index in [-0.39, 0.29) is 11.8 Å². The standard InChI is InChI=1S/C18H16ClNO/c1-4-18(15-8-9-17(19)12(2)10-15)20-16-7-5-6-14(11-16)13(3)21/h1,5-11,18,20H,2-3H3. The van der Waals surface area contributed by atoms with E-state index in [9.17, 15) is 4.79 Å². The van der Waals surface area contributed by atoms with E-state index in [1.807, 2.05) is 37.3 Å². The van der Waals surface area contributed by atoms with Crippen molar-refractivity contribution in [3.8, 4) is 12.3 Å². The molecule has 0 radical (unpaired) electrons. The largest absolute Gasteiger partial charge is 0.368 e. The average molecular weight is 298 g/mol. The fourth-order valence-electron chi connectivity index (χ4n) is 2.06. The molecule has 2 rings (SSSR count). The maximum Gasteiger partial charge on any atom is 0.159 e. The Morgan fingerprint density at radius 3 is 2.67 bits per heavy atom. The van der Waals surface area contributed by atoms with Crippen LogP contribution in [-0.2, 0) is 0 Å². The zero-order valence-corrected chi connectivity index (χ0v) is 12.7. The molecule has 21 heavy (non-hydrogen) atoms. The summed E-state index contributed by atoms with van der Waals surface area (Å²) in [5.41, 5.74) is 3.42. The van der Waals surface area contributed by atoms with Crippen LogP contribution in [0.3, 0.4) is 0 Å². The van der Waals surface area contributed by atoms with Gasteiger partial charge in [-0.1, -0.05) is 41.8 Å². The number of carbonyl (C=O) groups excluding carboxylic acids is 1. The summed E-state index contributed by atoms with van der Waals surface area (Å²) in [5.74, 6) is 2.75. The zero-order valence-electron chi connectivity index (χ0n) is 12.0. The molecule has 0 aliphatic carbocycles. The van der Waals surface area contributed by atoms with Gasteiger partial charge < -0.3 is 5.32 Å². The summed E-state index contributed by atoms with van der Waals surface area (Å²) in [6.07, 6.45) is 5.63. The molecule has 0 heterocycles. The molecule has 2 nitrogen and oxygen atoms in total. The summed E-state index contributed by atoms with van der Waals surface area (Å²) in [4.78, 5) is 11.4. The normalized spacial score (nSPS) is 11.5. The summed E-state index contributed by atoms with van der Waals surface area (Å²) in [7, 11) is 0. The highest BCUT2D eigenvalue weighted by molar-refractivity contribution is 6.31. The Morgan fingerprint density at radius 2 is 2.05 bits per heavy atom. The molecule has 1 N–H and O–H groups in total. The van der Waals surface area contributed by atoms with E-state index in [0.29, 0.717) is 10.6 Å². The van der Waals surface area contributed by atoms with E-state index < -0.39 is 0 Å². The number of benzene rings is 2. The second-order valence-electron chi connectivity index (χ2n) is 4.89. The number of hydrogen-bond acceptors (Lipinski definition) is 2. The molecular weight excluding hydrogens is 282 g/mol. The number of carbonyl (C=O) groups is 1. The van der Waals surface area contributed by atoms with Crippen LogP contribution in [0.1, 0.15) is 34.5 Å². The number of Topliss-reactive ketones (excluding diaryl/α,β-unsaturated/α-hetero) is 1. The van der Waals surface area contributed by atoms with E-state index in [4.69, 9.17) is 18.0 Å². The van der Waals surface area contributed by atoms with Crippen LogP contribution in [0.4, 0.5) is 5.69 Å². The highest BCUT2D eigenvalue weighted by atomic mass is 35.5. The van der Waals surface area contributed by atoms with Crippen LogP contribution in [0.2, 0.25) is 5.02 Å². The molecule has 0 aromatic heterocycles. The lowest BCUT2D eigenvalue weighted by molar-refractivity contribution is 0.101. The minimum atomic E-state index is -0.275. The monoisotopic (exact) mass is 297 g/mol. The van der Waals surface area contributed by atoms with Crippen LogP contribution in [0, 0.1) is 19.3 Å². The second kappa shape index (κ2) is 6.47. The Hall–Kier alpha value is -2.24. The van der Waals surface area contributed by atoms with Gasteiger partial charge in [-0.25, -0.2) is 0 Å². The lowest BCUT2D eigenvalue weighted by Gasteiger charge is -2.16. The molecule has 0 aliphatic heterocycles. The number of anilines is 1. The Balaban J connectivity index is 2.27. The Labute approximate surface area is 130 Å². The van der Waals surface area contributed by atoms with Gasteiger partial charge in [0.2, 0.25) is 0 Å². The van der Waals surface area contributed by atoms with Crippen molar-refractivity contribution in [1.29, 1.82) is 0 Å². The summed E-state index contributed by atoms with van der Waals surface area (Å²) >= 11 is 6.03. The minimum Gasteiger partial charge on any atom is -0.368 e. The third-order valence-corrected chi connectivity index (χ3v) is 3.69. The lowest BCUT2D eigenvalue weighted by atomic mass is 10.0. The third kappa shape index (κ3) is 3.65. The quantitative estimate of drug-likeness (QED) is 0.658. The first kappa shape index (κ1) is 15.2. The number of ketones is 1. The predicted molar refractivity (Wildman–Crippen MR) is 87.8 cm³/mol. The molecule has 0 amide bonds. The lowest BCUT2D eigenvalue weighted by Crippen LogP contribution is -2.09. The van der Waals surface area contributed by atoms with Crippen LogP contribution in [0.15, 0.2) is 42.5 Å². The molecule has 2 aromatic rings. The topological polar surface area (TPSA) is 29.1 Å². The first-order valence-corrected chi connectivity index (χ1v) is 6.99. The molecule has 0 bridgehead atoms. The molecule has 1 atom stereocenters. The zero-order chi connectivity index (χ0) is 15.4. The van der Waals surface area contributed by atoms with Gasteiger partial charge in [0.15, 0.2) is 5.78 Å². The van der Waals surface area contributed by atoms with E-state index in [1.54, 1.807) is 19.1 Å². The Bertz CT molecular complexity index is 715. The summed E-state index contributed by atoms with van der Waals surface area (Å²) in [5, 5.41) is 3.97. The van der Waals surface area contributed by atoms with Crippen LogP contribution in [-0.4, -0.2) is 5.78 Å². The van der Waals surface area contributed by atoms with Crippen molar-refractivity contribution >= 4 is 23.1 Å². The van der Waals surface area contributed by atoms with Gasteiger partial charge in [0.25, 0.3) is 0 Å². The van der Waals surface area contributed by atoms with Gasteiger partial charge in [-0.3, -0.25) is 4.79 Å². The van der Waals surface area contributed by atoms with Crippen molar-refractivity contribution in [2.45, 2.75) is 19.9 Å². The highest BCUT2D eigenvalue weighted by Gasteiger charge is 2.10. The molecule has 0 saturated heterocycles. The summed E-state index contributed by atoms with van der Waals surface area (Å²) in [6, 6.07) is 12.7. The van der Waals surface area contributed by atoms with Crippen LogP contribution < -0.4 is 5.32 Å². The van der Waals surface area contributed by atoms with Gasteiger partial charge in [-0.05, 0) is 43.2 Å². The highest BCUT2D eigenvalue weighted by Crippen LogP contribution is 2.24. The fourth-order valence-corrected chi connectivity index (χ4v) is 2.18. The van der Waals surface area contributed by atoms with Crippen molar-refractivity contribution in [1.82, 2.24) is 0 Å². The van der Waals surface area contributed by atoms with Crippen molar-refractivity contribution < 1.29 is 4.79 Å². The number of terminal acetylenes is 1. The average Bonchev–Trinajstić information content (AvgIpc) is 2.48. The van der Waals surface area contributed by atoms with Crippen molar-refractivity contribution in [2.24, 2.45) is 0 Å². The minimum absolute atomic E-state index is 0.0262. The second-order valence-corrected chi connectivity index (χ2v) is 5.30. The smallest absolute Gasteiger partial charge is 0.159 e. The maximum absolute atomic E-state index is 11.4. The number of nitrogens with one attached hydrogen (secondary N) is 1. The molecule has 1 unspecified atom stereocenters. The van der Waals surface area contributed by atoms with Crippen molar-refractivity contribution in [3.05, 3.63) is 64.2 Å². The van der Waals surface area contributed by atoms with E-state index in [1.165, 1.54) is 0 Å². The van der Waals surface area contributed by atoms with Crippen LogP contribution in [0.5, 0.6) is 0 Å². The van der Waals surface area contributed by atoms with Crippen LogP contribution in [0.25, 0.3) is 0 Å². The van der Waals surface area contributed by atoms with Gasteiger partial charge in [0, 0.05) is 16.3 Å². The third-order valence-electron chi connectivity index (χ3n) is 3.26. The molecular formula is C18H16ClNO. The number of halogens is 1. The van der Waals surface area contributed by atoms with E-state index in [2.05, 4.69) is 11.2 Å². The summed E-state index contributed by atoms with van der Waals surface area (Å²) in [6.45, 7) is 3.48. The summed E-state index contributed by atoms with van der Waals surface area (Å²) < 4.78 is 0. The fraction of sp³-hybridized carbons (Fsp3) is 0.167. The van der Waals surface area contributed by atoms with Gasteiger partial charge in [-0.15, -0.1) is 6.42 Å². The maximum atomic E-state index is 11.4. The van der Waals surface area contributed by atoms with Crippen LogP contribution >= 0.6 is 11.6 Å². The first-order valence-electron chi connectivity index (χ1n) is 6.61. The molecule has 0 fully saturated rings. The van der Waals surface area contributed by atoms with E-state index in [0.717, 1.165) is 16.8 Å². The van der Waals surface area contributed by atoms with Crippen molar-refractivity contribution in [2.75, 3.05) is 5.32 Å². The number of rotatable bonds is 4.